The fourth-order valence-electron chi connectivity index (χ4n) is 1.25. The van der Waals surface area contributed by atoms with Crippen LogP contribution in [0, 0.1) is 0 Å². The molecule has 0 saturated heterocycles. The van der Waals surface area contributed by atoms with E-state index in [2.05, 4.69) is 46.3 Å². The Hall–Kier alpha value is -1.91. The van der Waals surface area contributed by atoms with Gasteiger partial charge in [0.1, 0.15) is 11.6 Å². The van der Waals surface area contributed by atoms with Crippen LogP contribution in [0.5, 0.6) is 0 Å². The quantitative estimate of drug-likeness (QED) is 0.809. The van der Waals surface area contributed by atoms with E-state index in [0.29, 0.717) is 0 Å². The standard InChI is InChI=1S/C11H15N5/c1-11(2,3)10-12-6-4-8(15-10)14-9-5-7-13-16-9/h4-7H,1-3H3,(H2,12,13,14,15,16). The maximum absolute atomic E-state index is 4.44. The number of rotatable bonds is 2. The van der Waals surface area contributed by atoms with Crippen molar-refractivity contribution in [3.63, 3.8) is 0 Å². The van der Waals surface area contributed by atoms with E-state index >= 15 is 0 Å². The SMILES string of the molecule is CC(C)(C)c1nccc(Nc2cc[nH]n2)n1. The molecule has 0 aliphatic rings. The topological polar surface area (TPSA) is 66.5 Å². The molecule has 5 nitrogen and oxygen atoms in total. The highest BCUT2D eigenvalue weighted by Crippen LogP contribution is 2.19. The molecule has 0 spiro atoms. The molecule has 2 aromatic heterocycles. The van der Waals surface area contributed by atoms with E-state index in [0.717, 1.165) is 17.5 Å². The molecule has 2 aromatic rings. The number of H-pyrrole nitrogens is 1. The molecular weight excluding hydrogens is 202 g/mol. The van der Waals surface area contributed by atoms with E-state index in [-0.39, 0.29) is 5.41 Å². The van der Waals surface area contributed by atoms with E-state index in [1.807, 2.05) is 12.1 Å². The van der Waals surface area contributed by atoms with E-state index in [1.165, 1.54) is 0 Å². The predicted octanol–water partition coefficient (Wildman–Crippen LogP) is 2.24. The van der Waals surface area contributed by atoms with Crippen molar-refractivity contribution in [2.75, 3.05) is 5.32 Å². The number of nitrogens with zero attached hydrogens (tertiary/aromatic N) is 3. The van der Waals surface area contributed by atoms with Gasteiger partial charge in [-0.05, 0) is 6.07 Å². The molecule has 5 heteroatoms. The van der Waals surface area contributed by atoms with Crippen molar-refractivity contribution in [3.05, 3.63) is 30.4 Å². The van der Waals surface area contributed by atoms with Gasteiger partial charge in [-0.3, -0.25) is 5.10 Å². The second-order valence-corrected chi connectivity index (χ2v) is 4.60. The predicted molar refractivity (Wildman–Crippen MR) is 62.6 cm³/mol. The monoisotopic (exact) mass is 217 g/mol. The minimum Gasteiger partial charge on any atom is -0.323 e. The van der Waals surface area contributed by atoms with E-state index in [9.17, 15) is 0 Å². The lowest BCUT2D eigenvalue weighted by atomic mass is 9.96. The third-order valence-electron chi connectivity index (χ3n) is 2.08. The minimum atomic E-state index is -0.0523. The molecule has 0 atom stereocenters. The third-order valence-corrected chi connectivity index (χ3v) is 2.08. The Balaban J connectivity index is 2.23. The van der Waals surface area contributed by atoms with Crippen LogP contribution in [0.2, 0.25) is 0 Å². The van der Waals surface area contributed by atoms with Crippen LogP contribution in [0.3, 0.4) is 0 Å². The van der Waals surface area contributed by atoms with Crippen LogP contribution in [0.15, 0.2) is 24.5 Å². The summed E-state index contributed by atoms with van der Waals surface area (Å²) in [5.74, 6) is 2.32. The van der Waals surface area contributed by atoms with E-state index in [1.54, 1.807) is 12.4 Å². The van der Waals surface area contributed by atoms with Gasteiger partial charge in [0, 0.05) is 23.9 Å². The highest BCUT2D eigenvalue weighted by Gasteiger charge is 2.17. The van der Waals surface area contributed by atoms with Gasteiger partial charge in [-0.2, -0.15) is 5.10 Å². The number of aromatic amines is 1. The van der Waals surface area contributed by atoms with Crippen LogP contribution >= 0.6 is 0 Å². The van der Waals surface area contributed by atoms with E-state index < -0.39 is 0 Å². The van der Waals surface area contributed by atoms with Gasteiger partial charge in [0.15, 0.2) is 5.82 Å². The summed E-state index contributed by atoms with van der Waals surface area (Å²) in [5.41, 5.74) is -0.0523. The van der Waals surface area contributed by atoms with Gasteiger partial charge in [-0.25, -0.2) is 9.97 Å². The van der Waals surface area contributed by atoms with Crippen molar-refractivity contribution in [1.82, 2.24) is 20.2 Å². The molecule has 0 fully saturated rings. The summed E-state index contributed by atoms with van der Waals surface area (Å²) >= 11 is 0. The molecule has 2 heterocycles. The number of nitrogens with one attached hydrogen (secondary N) is 2. The highest BCUT2D eigenvalue weighted by atomic mass is 15.2. The molecule has 16 heavy (non-hydrogen) atoms. The fourth-order valence-corrected chi connectivity index (χ4v) is 1.25. The zero-order chi connectivity index (χ0) is 11.6. The van der Waals surface area contributed by atoms with Gasteiger partial charge < -0.3 is 5.32 Å². The van der Waals surface area contributed by atoms with Crippen molar-refractivity contribution in [1.29, 1.82) is 0 Å². The number of anilines is 2. The Kier molecular flexibility index (Phi) is 2.60. The molecule has 0 saturated carbocycles. The average molecular weight is 217 g/mol. The van der Waals surface area contributed by atoms with Crippen LogP contribution in [0.4, 0.5) is 11.6 Å². The average Bonchev–Trinajstić information content (AvgIpc) is 2.70. The molecule has 0 amide bonds. The van der Waals surface area contributed by atoms with Crippen molar-refractivity contribution < 1.29 is 0 Å². The van der Waals surface area contributed by atoms with Crippen molar-refractivity contribution in [2.24, 2.45) is 0 Å². The van der Waals surface area contributed by atoms with Gasteiger partial charge in [-0.1, -0.05) is 20.8 Å². The van der Waals surface area contributed by atoms with Crippen molar-refractivity contribution in [2.45, 2.75) is 26.2 Å². The van der Waals surface area contributed by atoms with Crippen LogP contribution < -0.4 is 5.32 Å². The Morgan fingerprint density at radius 1 is 1.19 bits per heavy atom. The summed E-state index contributed by atoms with van der Waals surface area (Å²) in [4.78, 5) is 8.70. The van der Waals surface area contributed by atoms with Gasteiger partial charge >= 0.3 is 0 Å². The molecule has 0 aliphatic heterocycles. The fraction of sp³-hybridized carbons (Fsp3) is 0.364. The maximum atomic E-state index is 4.44. The third kappa shape index (κ3) is 2.36. The first kappa shape index (κ1) is 10.6. The summed E-state index contributed by atoms with van der Waals surface area (Å²) in [5, 5.41) is 9.85. The summed E-state index contributed by atoms with van der Waals surface area (Å²) in [6.45, 7) is 6.25. The summed E-state index contributed by atoms with van der Waals surface area (Å²) in [7, 11) is 0. The first-order valence-electron chi connectivity index (χ1n) is 5.16. The maximum Gasteiger partial charge on any atom is 0.153 e. The van der Waals surface area contributed by atoms with Gasteiger partial charge in [0.05, 0.1) is 0 Å². The molecule has 0 unspecified atom stereocenters. The summed E-state index contributed by atoms with van der Waals surface area (Å²) in [6, 6.07) is 3.67. The van der Waals surface area contributed by atoms with Gasteiger partial charge in [0.25, 0.3) is 0 Å². The number of hydrogen-bond acceptors (Lipinski definition) is 4. The first-order valence-corrected chi connectivity index (χ1v) is 5.16. The largest absolute Gasteiger partial charge is 0.323 e. The lowest BCUT2D eigenvalue weighted by Crippen LogP contribution is -2.16. The lowest BCUT2D eigenvalue weighted by Gasteiger charge is -2.16. The lowest BCUT2D eigenvalue weighted by molar-refractivity contribution is 0.546. The molecule has 2 rings (SSSR count). The second kappa shape index (κ2) is 3.92. The zero-order valence-electron chi connectivity index (χ0n) is 9.65. The second-order valence-electron chi connectivity index (χ2n) is 4.60. The number of aromatic nitrogens is 4. The molecule has 0 radical (unpaired) electrons. The van der Waals surface area contributed by atoms with Crippen molar-refractivity contribution >= 4 is 11.6 Å². The summed E-state index contributed by atoms with van der Waals surface area (Å²) in [6.07, 6.45) is 3.51. The first-order chi connectivity index (χ1) is 7.55. The Bertz CT molecular complexity index is 455. The zero-order valence-corrected chi connectivity index (χ0v) is 9.65. The molecular formula is C11H15N5. The number of hydrogen-bond donors (Lipinski definition) is 2. The van der Waals surface area contributed by atoms with Crippen LogP contribution in [0.1, 0.15) is 26.6 Å². The van der Waals surface area contributed by atoms with Crippen LogP contribution in [-0.2, 0) is 5.41 Å². The van der Waals surface area contributed by atoms with Crippen LogP contribution in [-0.4, -0.2) is 20.2 Å². The molecule has 0 bridgehead atoms. The molecule has 2 N–H and O–H groups in total. The normalized spacial score (nSPS) is 11.4. The van der Waals surface area contributed by atoms with Gasteiger partial charge in [-0.15, -0.1) is 0 Å². The Morgan fingerprint density at radius 3 is 2.62 bits per heavy atom. The van der Waals surface area contributed by atoms with Gasteiger partial charge in [0.2, 0.25) is 0 Å². The van der Waals surface area contributed by atoms with Crippen molar-refractivity contribution in [3.8, 4) is 0 Å². The highest BCUT2D eigenvalue weighted by molar-refractivity contribution is 5.50. The molecule has 0 aliphatic carbocycles. The summed E-state index contributed by atoms with van der Waals surface area (Å²) < 4.78 is 0. The molecule has 0 aromatic carbocycles. The molecule has 84 valence electrons. The minimum absolute atomic E-state index is 0.0523. The Morgan fingerprint density at radius 2 is 2.00 bits per heavy atom. The van der Waals surface area contributed by atoms with Crippen LogP contribution in [0.25, 0.3) is 0 Å². The van der Waals surface area contributed by atoms with E-state index in [4.69, 9.17) is 0 Å². The smallest absolute Gasteiger partial charge is 0.153 e. The Labute approximate surface area is 94.3 Å².